The van der Waals surface area contributed by atoms with E-state index in [0.717, 1.165) is 36.1 Å². The first-order valence-corrected chi connectivity index (χ1v) is 8.72. The molecule has 1 aliphatic heterocycles. The molecular formula is C21H26N2O. The Morgan fingerprint density at radius 3 is 2.62 bits per heavy atom. The molecule has 2 aromatic carbocycles. The monoisotopic (exact) mass is 322 g/mol. The van der Waals surface area contributed by atoms with Gasteiger partial charge in [0.25, 0.3) is 5.91 Å². The van der Waals surface area contributed by atoms with Crippen LogP contribution >= 0.6 is 0 Å². The SMILES string of the molecule is Cc1cc(C)cc(C(=O)NCCc2ccc3c(c2)CCCN3C)c1. The third-order valence-corrected chi connectivity index (χ3v) is 4.68. The average molecular weight is 322 g/mol. The van der Waals surface area contributed by atoms with E-state index in [1.54, 1.807) is 0 Å². The lowest BCUT2D eigenvalue weighted by molar-refractivity contribution is 0.0954. The van der Waals surface area contributed by atoms with Crippen molar-refractivity contribution in [2.24, 2.45) is 0 Å². The highest BCUT2D eigenvalue weighted by atomic mass is 16.1. The number of amides is 1. The maximum absolute atomic E-state index is 12.3. The number of carbonyl (C=O) groups excluding carboxylic acids is 1. The van der Waals surface area contributed by atoms with Gasteiger partial charge in [-0.05, 0) is 62.4 Å². The van der Waals surface area contributed by atoms with Crippen LogP contribution in [0.3, 0.4) is 0 Å². The van der Waals surface area contributed by atoms with Crippen molar-refractivity contribution in [1.29, 1.82) is 0 Å². The third kappa shape index (κ3) is 3.78. The van der Waals surface area contributed by atoms with Crippen LogP contribution < -0.4 is 10.2 Å². The van der Waals surface area contributed by atoms with Crippen LogP contribution in [0.5, 0.6) is 0 Å². The molecule has 1 amide bonds. The van der Waals surface area contributed by atoms with Crippen LogP contribution in [0.25, 0.3) is 0 Å². The van der Waals surface area contributed by atoms with Gasteiger partial charge in [-0.15, -0.1) is 0 Å². The number of carbonyl (C=O) groups is 1. The first kappa shape index (κ1) is 16.6. The van der Waals surface area contributed by atoms with Crippen molar-refractivity contribution in [1.82, 2.24) is 5.32 Å². The van der Waals surface area contributed by atoms with Crippen LogP contribution in [-0.2, 0) is 12.8 Å². The van der Waals surface area contributed by atoms with Gasteiger partial charge in [0.05, 0.1) is 0 Å². The van der Waals surface area contributed by atoms with Crippen molar-refractivity contribution >= 4 is 11.6 Å². The predicted octanol–water partition coefficient (Wildman–Crippen LogP) is 3.66. The number of nitrogens with one attached hydrogen (secondary N) is 1. The highest BCUT2D eigenvalue weighted by molar-refractivity contribution is 5.94. The molecule has 0 radical (unpaired) electrons. The first-order chi connectivity index (χ1) is 11.5. The van der Waals surface area contributed by atoms with Crippen molar-refractivity contribution in [3.05, 3.63) is 64.2 Å². The minimum atomic E-state index is 0.0134. The molecule has 0 aromatic heterocycles. The molecule has 0 saturated heterocycles. The molecule has 0 saturated carbocycles. The summed E-state index contributed by atoms with van der Waals surface area (Å²) < 4.78 is 0. The topological polar surface area (TPSA) is 32.3 Å². The van der Waals surface area contributed by atoms with Crippen LogP contribution in [0.2, 0.25) is 0 Å². The standard InChI is InChI=1S/C21H26N2O/c1-15-11-16(2)13-19(12-15)21(24)22-9-8-17-6-7-20-18(14-17)5-4-10-23(20)3/h6-7,11-14H,4-5,8-10H2,1-3H3,(H,22,24). The lowest BCUT2D eigenvalue weighted by Crippen LogP contribution is -2.26. The fourth-order valence-electron chi connectivity index (χ4n) is 3.52. The maximum atomic E-state index is 12.3. The Morgan fingerprint density at radius 2 is 1.88 bits per heavy atom. The lowest BCUT2D eigenvalue weighted by Gasteiger charge is -2.27. The van der Waals surface area contributed by atoms with E-state index in [4.69, 9.17) is 0 Å². The van der Waals surface area contributed by atoms with Gasteiger partial charge >= 0.3 is 0 Å². The van der Waals surface area contributed by atoms with Crippen molar-refractivity contribution in [3.8, 4) is 0 Å². The summed E-state index contributed by atoms with van der Waals surface area (Å²) in [7, 11) is 2.15. The molecule has 0 atom stereocenters. The minimum absolute atomic E-state index is 0.0134. The zero-order chi connectivity index (χ0) is 17.1. The molecule has 126 valence electrons. The van der Waals surface area contributed by atoms with Gasteiger partial charge < -0.3 is 10.2 Å². The normalized spacial score (nSPS) is 13.5. The van der Waals surface area contributed by atoms with E-state index in [1.165, 1.54) is 23.2 Å². The van der Waals surface area contributed by atoms with Gasteiger partial charge in [0.1, 0.15) is 0 Å². The van der Waals surface area contributed by atoms with E-state index < -0.39 is 0 Å². The summed E-state index contributed by atoms with van der Waals surface area (Å²) in [4.78, 5) is 14.6. The number of fused-ring (bicyclic) bond motifs is 1. The maximum Gasteiger partial charge on any atom is 0.251 e. The van der Waals surface area contributed by atoms with Gasteiger partial charge in [-0.2, -0.15) is 0 Å². The molecule has 0 fully saturated rings. The van der Waals surface area contributed by atoms with E-state index in [2.05, 4.69) is 41.5 Å². The number of rotatable bonds is 4. The molecule has 2 aromatic rings. The quantitative estimate of drug-likeness (QED) is 0.932. The van der Waals surface area contributed by atoms with Crippen LogP contribution in [0, 0.1) is 13.8 Å². The summed E-state index contributed by atoms with van der Waals surface area (Å²) in [5.41, 5.74) is 7.08. The molecule has 3 heteroatoms. The fraction of sp³-hybridized carbons (Fsp3) is 0.381. The third-order valence-electron chi connectivity index (χ3n) is 4.68. The second kappa shape index (κ2) is 7.08. The molecule has 0 unspecified atom stereocenters. The molecule has 0 aliphatic carbocycles. The van der Waals surface area contributed by atoms with Gasteiger partial charge in [-0.1, -0.05) is 29.3 Å². The second-order valence-corrected chi connectivity index (χ2v) is 6.87. The van der Waals surface area contributed by atoms with Crippen molar-refractivity contribution in [3.63, 3.8) is 0 Å². The number of anilines is 1. The molecule has 3 nitrogen and oxygen atoms in total. The number of benzene rings is 2. The van der Waals surface area contributed by atoms with E-state index >= 15 is 0 Å². The Morgan fingerprint density at radius 1 is 1.12 bits per heavy atom. The number of aryl methyl sites for hydroxylation is 3. The van der Waals surface area contributed by atoms with E-state index in [0.29, 0.717) is 6.54 Å². The van der Waals surface area contributed by atoms with E-state index in [1.807, 2.05) is 26.0 Å². The largest absolute Gasteiger partial charge is 0.374 e. The second-order valence-electron chi connectivity index (χ2n) is 6.87. The van der Waals surface area contributed by atoms with Crippen LogP contribution in [0.1, 0.15) is 39.0 Å². The summed E-state index contributed by atoms with van der Waals surface area (Å²) in [6.07, 6.45) is 3.24. The molecule has 1 N–H and O–H groups in total. The van der Waals surface area contributed by atoms with Gasteiger partial charge in [-0.3, -0.25) is 4.79 Å². The zero-order valence-electron chi connectivity index (χ0n) is 14.9. The number of hydrogen-bond acceptors (Lipinski definition) is 2. The minimum Gasteiger partial charge on any atom is -0.374 e. The Kier molecular flexibility index (Phi) is 4.89. The summed E-state index contributed by atoms with van der Waals surface area (Å²) in [5.74, 6) is 0.0134. The Bertz CT molecular complexity index is 731. The Labute approximate surface area is 144 Å². The Balaban J connectivity index is 1.59. The van der Waals surface area contributed by atoms with Crippen molar-refractivity contribution in [2.45, 2.75) is 33.1 Å². The van der Waals surface area contributed by atoms with Crippen LogP contribution in [-0.4, -0.2) is 26.0 Å². The first-order valence-electron chi connectivity index (χ1n) is 8.72. The van der Waals surface area contributed by atoms with Gasteiger partial charge in [0.2, 0.25) is 0 Å². The average Bonchev–Trinajstić information content (AvgIpc) is 2.54. The number of hydrogen-bond donors (Lipinski definition) is 1. The van der Waals surface area contributed by atoms with E-state index in [-0.39, 0.29) is 5.91 Å². The highest BCUT2D eigenvalue weighted by Crippen LogP contribution is 2.26. The summed E-state index contributed by atoms with van der Waals surface area (Å²) in [5, 5.41) is 3.04. The van der Waals surface area contributed by atoms with Gasteiger partial charge in [0, 0.05) is 31.4 Å². The molecular weight excluding hydrogens is 296 g/mol. The van der Waals surface area contributed by atoms with Crippen LogP contribution in [0.15, 0.2) is 36.4 Å². The molecule has 0 spiro atoms. The lowest BCUT2D eigenvalue weighted by atomic mass is 9.98. The van der Waals surface area contributed by atoms with Gasteiger partial charge in [-0.25, -0.2) is 0 Å². The summed E-state index contributed by atoms with van der Waals surface area (Å²) >= 11 is 0. The smallest absolute Gasteiger partial charge is 0.251 e. The molecule has 3 rings (SSSR count). The van der Waals surface area contributed by atoms with Crippen molar-refractivity contribution < 1.29 is 4.79 Å². The van der Waals surface area contributed by atoms with Crippen molar-refractivity contribution in [2.75, 3.05) is 25.0 Å². The zero-order valence-corrected chi connectivity index (χ0v) is 14.9. The Hall–Kier alpha value is -2.29. The van der Waals surface area contributed by atoms with Gasteiger partial charge in [0.15, 0.2) is 0 Å². The summed E-state index contributed by atoms with van der Waals surface area (Å²) in [6, 6.07) is 12.7. The molecule has 24 heavy (non-hydrogen) atoms. The predicted molar refractivity (Wildman–Crippen MR) is 100.0 cm³/mol. The highest BCUT2D eigenvalue weighted by Gasteiger charge is 2.13. The molecule has 0 bridgehead atoms. The summed E-state index contributed by atoms with van der Waals surface area (Å²) in [6.45, 7) is 5.85. The number of nitrogens with zero attached hydrogens (tertiary/aromatic N) is 1. The van der Waals surface area contributed by atoms with Crippen LogP contribution in [0.4, 0.5) is 5.69 Å². The fourth-order valence-corrected chi connectivity index (χ4v) is 3.52. The van der Waals surface area contributed by atoms with E-state index in [9.17, 15) is 4.79 Å². The molecule has 1 heterocycles. The molecule has 1 aliphatic rings.